The first-order valence-corrected chi connectivity index (χ1v) is 6.53. The molecule has 0 spiro atoms. The molecule has 0 saturated carbocycles. The number of nitrogen functional groups attached to an aromatic ring is 1. The summed E-state index contributed by atoms with van der Waals surface area (Å²) >= 11 is 3.34. The monoisotopic (exact) mass is 298 g/mol. The lowest BCUT2D eigenvalue weighted by atomic mass is 9.98. The molecule has 0 bridgehead atoms. The first kappa shape index (κ1) is 14.0. The van der Waals surface area contributed by atoms with Crippen molar-refractivity contribution in [3.8, 4) is 0 Å². The van der Waals surface area contributed by atoms with Crippen molar-refractivity contribution in [3.05, 3.63) is 28.2 Å². The van der Waals surface area contributed by atoms with Gasteiger partial charge in [0.05, 0.1) is 10.0 Å². The molecule has 0 heterocycles. The number of carbonyl (C=O) groups is 1. The zero-order chi connectivity index (χ0) is 13.1. The molecule has 94 valence electrons. The van der Waals surface area contributed by atoms with E-state index in [1.165, 1.54) is 0 Å². The first-order chi connectivity index (χ1) is 7.87. The summed E-state index contributed by atoms with van der Waals surface area (Å²) in [7, 11) is 0. The lowest BCUT2D eigenvalue weighted by Crippen LogP contribution is -2.43. The van der Waals surface area contributed by atoms with Gasteiger partial charge in [0, 0.05) is 11.2 Å². The molecule has 0 unspecified atom stereocenters. The SMILES string of the molecule is CCCC(C)(C)NC(=O)c1cccc(N)c1Br. The van der Waals surface area contributed by atoms with Crippen LogP contribution in [0.2, 0.25) is 0 Å². The van der Waals surface area contributed by atoms with Crippen LogP contribution in [0.15, 0.2) is 22.7 Å². The van der Waals surface area contributed by atoms with Gasteiger partial charge >= 0.3 is 0 Å². The molecule has 0 atom stereocenters. The van der Waals surface area contributed by atoms with Crippen LogP contribution in [0.3, 0.4) is 0 Å². The van der Waals surface area contributed by atoms with E-state index in [2.05, 4.69) is 28.2 Å². The van der Waals surface area contributed by atoms with Gasteiger partial charge in [-0.25, -0.2) is 0 Å². The minimum Gasteiger partial charge on any atom is -0.398 e. The minimum atomic E-state index is -0.199. The van der Waals surface area contributed by atoms with Gasteiger partial charge in [-0.2, -0.15) is 0 Å². The Morgan fingerprint density at radius 2 is 2.12 bits per heavy atom. The lowest BCUT2D eigenvalue weighted by molar-refractivity contribution is 0.0908. The first-order valence-electron chi connectivity index (χ1n) is 5.74. The van der Waals surface area contributed by atoms with E-state index in [1.807, 2.05) is 13.8 Å². The van der Waals surface area contributed by atoms with Crippen molar-refractivity contribution < 1.29 is 4.79 Å². The molecule has 0 aromatic heterocycles. The Balaban J connectivity index is 2.87. The molecule has 1 aromatic carbocycles. The Labute approximate surface area is 111 Å². The van der Waals surface area contributed by atoms with Gasteiger partial charge in [0.1, 0.15) is 0 Å². The molecule has 0 fully saturated rings. The predicted molar refractivity (Wildman–Crippen MR) is 75.0 cm³/mol. The topological polar surface area (TPSA) is 55.1 Å². The number of rotatable bonds is 4. The third-order valence-corrected chi connectivity index (χ3v) is 3.49. The van der Waals surface area contributed by atoms with Crippen LogP contribution in [0, 0.1) is 0 Å². The van der Waals surface area contributed by atoms with E-state index in [-0.39, 0.29) is 11.4 Å². The molecule has 3 nitrogen and oxygen atoms in total. The molecule has 3 N–H and O–H groups in total. The number of halogens is 1. The van der Waals surface area contributed by atoms with Crippen molar-refractivity contribution in [2.24, 2.45) is 0 Å². The average Bonchev–Trinajstić information content (AvgIpc) is 2.21. The van der Waals surface area contributed by atoms with Crippen molar-refractivity contribution in [1.29, 1.82) is 0 Å². The summed E-state index contributed by atoms with van der Waals surface area (Å²) in [5.74, 6) is -0.0948. The average molecular weight is 299 g/mol. The Morgan fingerprint density at radius 1 is 1.47 bits per heavy atom. The zero-order valence-electron chi connectivity index (χ0n) is 10.5. The second-order valence-electron chi connectivity index (χ2n) is 4.80. The van der Waals surface area contributed by atoms with Crippen LogP contribution in [0.4, 0.5) is 5.69 Å². The number of hydrogen-bond donors (Lipinski definition) is 2. The maximum absolute atomic E-state index is 12.1. The van der Waals surface area contributed by atoms with Crippen molar-refractivity contribution >= 4 is 27.5 Å². The maximum atomic E-state index is 12.1. The van der Waals surface area contributed by atoms with Crippen LogP contribution in [0.25, 0.3) is 0 Å². The Kier molecular flexibility index (Phi) is 4.57. The van der Waals surface area contributed by atoms with E-state index >= 15 is 0 Å². The predicted octanol–water partition coefficient (Wildman–Crippen LogP) is 3.34. The molecule has 1 amide bonds. The van der Waals surface area contributed by atoms with Crippen molar-refractivity contribution in [1.82, 2.24) is 5.32 Å². The van der Waals surface area contributed by atoms with Crippen LogP contribution in [-0.2, 0) is 0 Å². The van der Waals surface area contributed by atoms with Crippen LogP contribution < -0.4 is 11.1 Å². The van der Waals surface area contributed by atoms with E-state index in [0.717, 1.165) is 12.8 Å². The van der Waals surface area contributed by atoms with Crippen molar-refractivity contribution in [2.75, 3.05) is 5.73 Å². The van der Waals surface area contributed by atoms with Crippen LogP contribution >= 0.6 is 15.9 Å². The Hall–Kier alpha value is -1.03. The number of benzene rings is 1. The van der Waals surface area contributed by atoms with Gasteiger partial charge in [-0.15, -0.1) is 0 Å². The Morgan fingerprint density at radius 3 is 2.71 bits per heavy atom. The number of amides is 1. The highest BCUT2D eigenvalue weighted by molar-refractivity contribution is 9.10. The van der Waals surface area contributed by atoms with Crippen molar-refractivity contribution in [2.45, 2.75) is 39.2 Å². The van der Waals surface area contributed by atoms with E-state index in [1.54, 1.807) is 18.2 Å². The Bertz CT molecular complexity index is 416. The molecule has 0 radical (unpaired) electrons. The quantitative estimate of drug-likeness (QED) is 0.838. The molecule has 17 heavy (non-hydrogen) atoms. The highest BCUT2D eigenvalue weighted by atomic mass is 79.9. The molecule has 0 aliphatic carbocycles. The number of anilines is 1. The van der Waals surface area contributed by atoms with E-state index in [9.17, 15) is 4.79 Å². The van der Waals surface area contributed by atoms with Gasteiger partial charge in [0.2, 0.25) is 0 Å². The minimum absolute atomic E-state index is 0.0948. The summed E-state index contributed by atoms with van der Waals surface area (Å²) in [6, 6.07) is 5.30. The second-order valence-corrected chi connectivity index (χ2v) is 5.59. The highest BCUT2D eigenvalue weighted by Gasteiger charge is 2.21. The summed E-state index contributed by atoms with van der Waals surface area (Å²) in [6.45, 7) is 6.15. The van der Waals surface area contributed by atoms with E-state index in [4.69, 9.17) is 5.73 Å². The molecular formula is C13H19BrN2O. The summed E-state index contributed by atoms with van der Waals surface area (Å²) in [5, 5.41) is 3.02. The van der Waals surface area contributed by atoms with Crippen LogP contribution in [0.1, 0.15) is 44.0 Å². The molecule has 0 aliphatic rings. The normalized spacial score (nSPS) is 11.3. The fourth-order valence-corrected chi connectivity index (χ4v) is 2.23. The van der Waals surface area contributed by atoms with E-state index < -0.39 is 0 Å². The number of nitrogens with two attached hydrogens (primary N) is 1. The molecule has 0 saturated heterocycles. The van der Waals surface area contributed by atoms with Gasteiger partial charge in [-0.05, 0) is 48.3 Å². The summed E-state index contributed by atoms with van der Waals surface area (Å²) in [6.07, 6.45) is 1.98. The van der Waals surface area contributed by atoms with Gasteiger partial charge in [0.25, 0.3) is 5.91 Å². The molecule has 1 rings (SSSR count). The highest BCUT2D eigenvalue weighted by Crippen LogP contribution is 2.24. The van der Waals surface area contributed by atoms with Gasteiger partial charge in [-0.3, -0.25) is 4.79 Å². The van der Waals surface area contributed by atoms with Gasteiger partial charge in [-0.1, -0.05) is 19.4 Å². The zero-order valence-corrected chi connectivity index (χ0v) is 12.1. The van der Waals surface area contributed by atoms with Crippen molar-refractivity contribution in [3.63, 3.8) is 0 Å². The smallest absolute Gasteiger partial charge is 0.252 e. The fourth-order valence-electron chi connectivity index (χ4n) is 1.79. The summed E-state index contributed by atoms with van der Waals surface area (Å²) in [4.78, 5) is 12.1. The molecule has 4 heteroatoms. The molecule has 1 aromatic rings. The van der Waals surface area contributed by atoms with Gasteiger partial charge in [0.15, 0.2) is 0 Å². The lowest BCUT2D eigenvalue weighted by Gasteiger charge is -2.26. The fraction of sp³-hybridized carbons (Fsp3) is 0.462. The third-order valence-electron chi connectivity index (χ3n) is 2.60. The van der Waals surface area contributed by atoms with Crippen LogP contribution in [0.5, 0.6) is 0 Å². The van der Waals surface area contributed by atoms with Crippen LogP contribution in [-0.4, -0.2) is 11.4 Å². The number of nitrogens with one attached hydrogen (secondary N) is 1. The third kappa shape index (κ3) is 3.73. The molecular weight excluding hydrogens is 280 g/mol. The summed E-state index contributed by atoms with van der Waals surface area (Å²) in [5.41, 5.74) is 6.71. The maximum Gasteiger partial charge on any atom is 0.252 e. The standard InChI is InChI=1S/C13H19BrN2O/c1-4-8-13(2,3)16-12(17)9-6-5-7-10(15)11(9)14/h5-7H,4,8,15H2,1-3H3,(H,16,17). The largest absolute Gasteiger partial charge is 0.398 e. The summed E-state index contributed by atoms with van der Waals surface area (Å²) < 4.78 is 0.657. The number of carbonyl (C=O) groups excluding carboxylic acids is 1. The van der Waals surface area contributed by atoms with Gasteiger partial charge < -0.3 is 11.1 Å². The van der Waals surface area contributed by atoms with E-state index in [0.29, 0.717) is 15.7 Å². The number of hydrogen-bond acceptors (Lipinski definition) is 2. The second kappa shape index (κ2) is 5.54. The molecule has 0 aliphatic heterocycles.